The molecule has 1 unspecified atom stereocenters. The highest BCUT2D eigenvalue weighted by molar-refractivity contribution is 6.01. The van der Waals surface area contributed by atoms with Crippen molar-refractivity contribution >= 4 is 11.8 Å². The molecule has 1 atom stereocenters. The molecule has 0 aromatic carbocycles. The van der Waals surface area contributed by atoms with Crippen LogP contribution in [0.1, 0.15) is 13.3 Å². The van der Waals surface area contributed by atoms with Crippen molar-refractivity contribution in [3.63, 3.8) is 0 Å². The summed E-state index contributed by atoms with van der Waals surface area (Å²) in [6, 6.07) is 0. The summed E-state index contributed by atoms with van der Waals surface area (Å²) in [5, 5.41) is 8.45. The molecule has 54 valence electrons. The van der Waals surface area contributed by atoms with Crippen LogP contribution in [-0.2, 0) is 9.59 Å². The van der Waals surface area contributed by atoms with E-state index in [1.165, 1.54) is 6.08 Å². The van der Waals surface area contributed by atoms with Gasteiger partial charge < -0.3 is 5.11 Å². The SMILES string of the molecule is CC1=CC(C(=O)O)CC1=O. The van der Waals surface area contributed by atoms with Gasteiger partial charge in [-0.05, 0) is 12.5 Å². The molecule has 0 bridgehead atoms. The van der Waals surface area contributed by atoms with Gasteiger partial charge in [0.15, 0.2) is 5.78 Å². The zero-order valence-corrected chi connectivity index (χ0v) is 5.63. The van der Waals surface area contributed by atoms with Crippen LogP contribution in [0.15, 0.2) is 11.6 Å². The van der Waals surface area contributed by atoms with E-state index in [2.05, 4.69) is 0 Å². The largest absolute Gasteiger partial charge is 0.481 e. The van der Waals surface area contributed by atoms with Crippen LogP contribution in [0.5, 0.6) is 0 Å². The maximum Gasteiger partial charge on any atom is 0.310 e. The Balaban J connectivity index is 2.74. The quantitative estimate of drug-likeness (QED) is 0.580. The third-order valence-electron chi connectivity index (χ3n) is 1.61. The minimum absolute atomic E-state index is 0.0487. The van der Waals surface area contributed by atoms with Crippen molar-refractivity contribution in [1.29, 1.82) is 0 Å². The summed E-state index contributed by atoms with van der Waals surface area (Å²) in [5.74, 6) is -1.54. The van der Waals surface area contributed by atoms with Gasteiger partial charge in [0.2, 0.25) is 0 Å². The predicted molar refractivity (Wildman–Crippen MR) is 34.5 cm³/mol. The number of carboxylic acid groups (broad SMARTS) is 1. The fourth-order valence-electron chi connectivity index (χ4n) is 0.973. The van der Waals surface area contributed by atoms with Crippen LogP contribution >= 0.6 is 0 Å². The van der Waals surface area contributed by atoms with Gasteiger partial charge >= 0.3 is 5.97 Å². The molecule has 1 aliphatic carbocycles. The molecule has 0 amide bonds. The molecular formula is C7H8O3. The molecule has 0 aromatic rings. The lowest BCUT2D eigenvalue weighted by atomic mass is 10.1. The van der Waals surface area contributed by atoms with Crippen molar-refractivity contribution in [2.24, 2.45) is 5.92 Å². The van der Waals surface area contributed by atoms with E-state index < -0.39 is 11.9 Å². The highest BCUT2D eigenvalue weighted by Gasteiger charge is 2.25. The first-order chi connectivity index (χ1) is 4.61. The van der Waals surface area contributed by atoms with Crippen molar-refractivity contribution in [2.45, 2.75) is 13.3 Å². The summed E-state index contributed by atoms with van der Waals surface area (Å²) in [4.78, 5) is 21.1. The minimum Gasteiger partial charge on any atom is -0.481 e. The van der Waals surface area contributed by atoms with Crippen molar-refractivity contribution in [3.8, 4) is 0 Å². The summed E-state index contributed by atoms with van der Waals surface area (Å²) in [5.41, 5.74) is 0.576. The summed E-state index contributed by atoms with van der Waals surface area (Å²) in [6.45, 7) is 1.64. The number of aliphatic carboxylic acids is 1. The molecule has 0 radical (unpaired) electrons. The second kappa shape index (κ2) is 2.25. The summed E-state index contributed by atoms with van der Waals surface area (Å²) < 4.78 is 0. The van der Waals surface area contributed by atoms with E-state index in [1.54, 1.807) is 6.92 Å². The van der Waals surface area contributed by atoms with Crippen LogP contribution in [0, 0.1) is 5.92 Å². The summed E-state index contributed by atoms with van der Waals surface area (Å²) in [7, 11) is 0. The highest BCUT2D eigenvalue weighted by atomic mass is 16.4. The van der Waals surface area contributed by atoms with Gasteiger partial charge in [0.1, 0.15) is 0 Å². The fourth-order valence-corrected chi connectivity index (χ4v) is 0.973. The van der Waals surface area contributed by atoms with E-state index in [-0.39, 0.29) is 12.2 Å². The molecule has 0 spiro atoms. The standard InChI is InChI=1S/C7H8O3/c1-4-2-5(7(9)10)3-6(4)8/h2,5H,3H2,1H3,(H,9,10). The molecule has 10 heavy (non-hydrogen) atoms. The zero-order valence-electron chi connectivity index (χ0n) is 5.63. The summed E-state index contributed by atoms with van der Waals surface area (Å²) >= 11 is 0. The smallest absolute Gasteiger partial charge is 0.310 e. The number of carboxylic acids is 1. The maximum atomic E-state index is 10.8. The van der Waals surface area contributed by atoms with Gasteiger partial charge in [0.05, 0.1) is 5.92 Å². The van der Waals surface area contributed by atoms with Crippen LogP contribution in [0.2, 0.25) is 0 Å². The first-order valence-electron chi connectivity index (χ1n) is 3.05. The zero-order chi connectivity index (χ0) is 7.72. The van der Waals surface area contributed by atoms with Gasteiger partial charge in [0.25, 0.3) is 0 Å². The Morgan fingerprint density at radius 3 is 2.60 bits per heavy atom. The summed E-state index contributed by atoms with van der Waals surface area (Å²) in [6.07, 6.45) is 1.64. The Morgan fingerprint density at radius 1 is 1.80 bits per heavy atom. The third kappa shape index (κ3) is 1.07. The molecule has 1 rings (SSSR count). The van der Waals surface area contributed by atoms with E-state index in [4.69, 9.17) is 5.11 Å². The lowest BCUT2D eigenvalue weighted by Gasteiger charge is -1.94. The van der Waals surface area contributed by atoms with Crippen LogP contribution in [0.3, 0.4) is 0 Å². The Labute approximate surface area is 58.4 Å². The van der Waals surface area contributed by atoms with E-state index in [0.717, 1.165) is 0 Å². The first-order valence-corrected chi connectivity index (χ1v) is 3.05. The number of carbonyl (C=O) groups is 2. The third-order valence-corrected chi connectivity index (χ3v) is 1.61. The van der Waals surface area contributed by atoms with Crippen molar-refractivity contribution in [1.82, 2.24) is 0 Å². The van der Waals surface area contributed by atoms with Crippen LogP contribution in [0.4, 0.5) is 0 Å². The number of hydrogen-bond acceptors (Lipinski definition) is 2. The van der Waals surface area contributed by atoms with Crippen molar-refractivity contribution in [3.05, 3.63) is 11.6 Å². The normalized spacial score (nSPS) is 24.7. The van der Waals surface area contributed by atoms with Gasteiger partial charge in [-0.15, -0.1) is 0 Å². The lowest BCUT2D eigenvalue weighted by molar-refractivity contribution is -0.141. The van der Waals surface area contributed by atoms with E-state index in [0.29, 0.717) is 5.57 Å². The molecule has 0 saturated carbocycles. The molecule has 1 aliphatic rings. The molecule has 0 aromatic heterocycles. The Bertz CT molecular complexity index is 215. The molecule has 0 saturated heterocycles. The van der Waals surface area contributed by atoms with Gasteiger partial charge in [-0.25, -0.2) is 0 Å². The van der Waals surface area contributed by atoms with E-state index in [9.17, 15) is 9.59 Å². The number of allylic oxidation sites excluding steroid dienone is 1. The topological polar surface area (TPSA) is 54.4 Å². The second-order valence-corrected chi connectivity index (χ2v) is 2.42. The average molecular weight is 140 g/mol. The molecule has 3 heteroatoms. The van der Waals surface area contributed by atoms with Gasteiger partial charge in [-0.1, -0.05) is 6.08 Å². The van der Waals surface area contributed by atoms with Crippen LogP contribution < -0.4 is 0 Å². The Hall–Kier alpha value is -1.12. The molecule has 0 heterocycles. The fraction of sp³-hybridized carbons (Fsp3) is 0.429. The number of Topliss-reactive ketones (excluding diaryl/α,β-unsaturated/α-hetero) is 1. The average Bonchev–Trinajstić information content (AvgIpc) is 2.13. The lowest BCUT2D eigenvalue weighted by Crippen LogP contribution is -2.09. The van der Waals surface area contributed by atoms with Crippen molar-refractivity contribution in [2.75, 3.05) is 0 Å². The van der Waals surface area contributed by atoms with E-state index in [1.807, 2.05) is 0 Å². The Morgan fingerprint density at radius 2 is 2.40 bits per heavy atom. The van der Waals surface area contributed by atoms with Crippen LogP contribution in [-0.4, -0.2) is 16.9 Å². The maximum absolute atomic E-state index is 10.8. The molecule has 3 nitrogen and oxygen atoms in total. The number of ketones is 1. The monoisotopic (exact) mass is 140 g/mol. The molecular weight excluding hydrogens is 132 g/mol. The second-order valence-electron chi connectivity index (χ2n) is 2.42. The van der Waals surface area contributed by atoms with Gasteiger partial charge in [-0.3, -0.25) is 9.59 Å². The number of carbonyl (C=O) groups excluding carboxylic acids is 1. The number of rotatable bonds is 1. The number of hydrogen-bond donors (Lipinski definition) is 1. The van der Waals surface area contributed by atoms with Gasteiger partial charge in [-0.2, -0.15) is 0 Å². The highest BCUT2D eigenvalue weighted by Crippen LogP contribution is 2.19. The van der Waals surface area contributed by atoms with E-state index >= 15 is 0 Å². The predicted octanol–water partition coefficient (Wildman–Crippen LogP) is 0.606. The minimum atomic E-state index is -0.912. The van der Waals surface area contributed by atoms with Gasteiger partial charge in [0, 0.05) is 6.42 Å². The molecule has 0 aliphatic heterocycles. The first kappa shape index (κ1) is 6.99. The molecule has 1 N–H and O–H groups in total. The van der Waals surface area contributed by atoms with Crippen LogP contribution in [0.25, 0.3) is 0 Å². The molecule has 0 fully saturated rings. The Kier molecular flexibility index (Phi) is 1.57. The van der Waals surface area contributed by atoms with Crippen molar-refractivity contribution < 1.29 is 14.7 Å².